The largest absolute Gasteiger partial charge is 0.308 e. The molecular formula is C45H29N5. The Labute approximate surface area is 288 Å². The summed E-state index contributed by atoms with van der Waals surface area (Å²) >= 11 is 0. The average molecular weight is 640 g/mol. The third-order valence-corrected chi connectivity index (χ3v) is 9.59. The molecule has 0 saturated carbocycles. The van der Waals surface area contributed by atoms with Crippen molar-refractivity contribution in [2.24, 2.45) is 0 Å². The van der Waals surface area contributed by atoms with E-state index in [2.05, 4.69) is 161 Å². The maximum atomic E-state index is 5.28. The van der Waals surface area contributed by atoms with Crippen molar-refractivity contribution in [3.63, 3.8) is 0 Å². The predicted molar refractivity (Wildman–Crippen MR) is 205 cm³/mol. The second kappa shape index (κ2) is 11.4. The molecule has 0 fully saturated rings. The van der Waals surface area contributed by atoms with Crippen molar-refractivity contribution in [1.29, 1.82) is 0 Å². The van der Waals surface area contributed by atoms with E-state index >= 15 is 0 Å². The van der Waals surface area contributed by atoms with Gasteiger partial charge in [-0.15, -0.1) is 0 Å². The highest BCUT2D eigenvalue weighted by Crippen LogP contribution is 2.40. The molecule has 10 rings (SSSR count). The molecule has 10 aromatic rings. The Morgan fingerprint density at radius 3 is 1.78 bits per heavy atom. The first kappa shape index (κ1) is 28.2. The van der Waals surface area contributed by atoms with Crippen molar-refractivity contribution in [2.75, 3.05) is 0 Å². The molecule has 0 spiro atoms. The molecule has 0 amide bonds. The summed E-state index contributed by atoms with van der Waals surface area (Å²) in [6.07, 6.45) is 1.87. The molecule has 6 aromatic carbocycles. The summed E-state index contributed by atoms with van der Waals surface area (Å²) in [4.78, 5) is 15.4. The maximum Gasteiger partial charge on any atom is 0.235 e. The quantitative estimate of drug-likeness (QED) is 0.188. The lowest BCUT2D eigenvalue weighted by molar-refractivity contribution is 0.996. The van der Waals surface area contributed by atoms with Gasteiger partial charge in [0.25, 0.3) is 0 Å². The van der Waals surface area contributed by atoms with Gasteiger partial charge in [-0.05, 0) is 54.1 Å². The standard InChI is InChI=1S/C45H29N5/c1-4-14-30(15-5-1)38-29-39(31-16-6-2-7-17-31)48-45(47-38)50-40-23-11-10-20-35(40)36-22-12-21-34(44(36)50)32-25-26-37-42(28-32)49(33-18-8-3-9-19-33)41-24-13-27-46-43(37)41/h1-29H. The van der Waals surface area contributed by atoms with Crippen molar-refractivity contribution in [3.05, 3.63) is 176 Å². The SMILES string of the molecule is c1ccc(-c2cc(-c3ccccc3)nc(-n3c4ccccc4c4cccc(-c5ccc6c7ncccc7n(-c7ccccc7)c6c5)c43)n2)cc1. The van der Waals surface area contributed by atoms with E-state index in [-0.39, 0.29) is 0 Å². The van der Waals surface area contributed by atoms with Gasteiger partial charge in [-0.2, -0.15) is 0 Å². The fourth-order valence-corrected chi connectivity index (χ4v) is 7.36. The van der Waals surface area contributed by atoms with Gasteiger partial charge in [0.2, 0.25) is 5.95 Å². The second-order valence-corrected chi connectivity index (χ2v) is 12.5. The van der Waals surface area contributed by atoms with Gasteiger partial charge < -0.3 is 4.57 Å². The van der Waals surface area contributed by atoms with Crippen LogP contribution in [0.15, 0.2) is 176 Å². The van der Waals surface area contributed by atoms with Crippen LogP contribution in [0.4, 0.5) is 0 Å². The monoisotopic (exact) mass is 639 g/mol. The van der Waals surface area contributed by atoms with Gasteiger partial charge in [-0.25, -0.2) is 9.97 Å². The number of hydrogen-bond acceptors (Lipinski definition) is 3. The van der Waals surface area contributed by atoms with Crippen molar-refractivity contribution >= 4 is 43.7 Å². The Hall–Kier alpha value is -6.85. The van der Waals surface area contributed by atoms with E-state index in [0.717, 1.165) is 83.1 Å². The summed E-state index contributed by atoms with van der Waals surface area (Å²) in [7, 11) is 0. The number of aromatic nitrogens is 5. The normalized spacial score (nSPS) is 11.6. The van der Waals surface area contributed by atoms with E-state index in [9.17, 15) is 0 Å². The average Bonchev–Trinajstić information content (AvgIpc) is 3.71. The smallest absolute Gasteiger partial charge is 0.235 e. The molecule has 50 heavy (non-hydrogen) atoms. The first-order chi connectivity index (χ1) is 24.8. The summed E-state index contributed by atoms with van der Waals surface area (Å²) in [6, 6.07) is 59.3. The molecule has 5 nitrogen and oxygen atoms in total. The number of nitrogens with zero attached hydrogens (tertiary/aromatic N) is 5. The van der Waals surface area contributed by atoms with Crippen molar-refractivity contribution in [1.82, 2.24) is 24.1 Å². The molecule has 0 saturated heterocycles. The van der Waals surface area contributed by atoms with E-state index in [1.165, 1.54) is 0 Å². The van der Waals surface area contributed by atoms with Crippen LogP contribution < -0.4 is 0 Å². The van der Waals surface area contributed by atoms with Crippen LogP contribution in [0.25, 0.3) is 89.0 Å². The minimum atomic E-state index is 0.632. The van der Waals surface area contributed by atoms with Gasteiger partial charge in [0, 0.05) is 44.7 Å². The van der Waals surface area contributed by atoms with E-state index in [1.807, 2.05) is 24.4 Å². The molecular weight excluding hydrogens is 611 g/mol. The molecule has 0 radical (unpaired) electrons. The Bertz CT molecular complexity index is 2800. The van der Waals surface area contributed by atoms with Crippen LogP contribution in [0.5, 0.6) is 0 Å². The van der Waals surface area contributed by atoms with Crippen LogP contribution >= 0.6 is 0 Å². The zero-order chi connectivity index (χ0) is 33.0. The third kappa shape index (κ3) is 4.45. The molecule has 5 heteroatoms. The number of pyridine rings is 1. The van der Waals surface area contributed by atoms with Crippen molar-refractivity contribution in [3.8, 4) is 45.3 Å². The molecule has 4 heterocycles. The summed E-state index contributed by atoms with van der Waals surface area (Å²) in [5.74, 6) is 0.632. The lowest BCUT2D eigenvalue weighted by Crippen LogP contribution is -2.04. The predicted octanol–water partition coefficient (Wildman–Crippen LogP) is 11.1. The molecule has 4 aromatic heterocycles. The molecule has 0 aliphatic heterocycles. The van der Waals surface area contributed by atoms with E-state index < -0.39 is 0 Å². The first-order valence-corrected chi connectivity index (χ1v) is 16.8. The summed E-state index contributed by atoms with van der Waals surface area (Å²) in [6.45, 7) is 0. The highest BCUT2D eigenvalue weighted by molar-refractivity contribution is 6.15. The molecule has 0 aliphatic rings. The second-order valence-electron chi connectivity index (χ2n) is 12.5. The van der Waals surface area contributed by atoms with Gasteiger partial charge in [-0.3, -0.25) is 9.55 Å². The lowest BCUT2D eigenvalue weighted by Gasteiger charge is -2.14. The van der Waals surface area contributed by atoms with Crippen molar-refractivity contribution in [2.45, 2.75) is 0 Å². The minimum absolute atomic E-state index is 0.632. The van der Waals surface area contributed by atoms with Crippen LogP contribution in [0, 0.1) is 0 Å². The van der Waals surface area contributed by atoms with Gasteiger partial charge in [0.15, 0.2) is 0 Å². The van der Waals surface area contributed by atoms with E-state index in [4.69, 9.17) is 15.0 Å². The van der Waals surface area contributed by atoms with Crippen LogP contribution in [0.1, 0.15) is 0 Å². The van der Waals surface area contributed by atoms with Gasteiger partial charge >= 0.3 is 0 Å². The van der Waals surface area contributed by atoms with Gasteiger partial charge in [0.05, 0.1) is 39.0 Å². The third-order valence-electron chi connectivity index (χ3n) is 9.59. The maximum absolute atomic E-state index is 5.28. The number of para-hydroxylation sites is 3. The van der Waals surface area contributed by atoms with Gasteiger partial charge in [0.1, 0.15) is 0 Å². The van der Waals surface area contributed by atoms with E-state index in [0.29, 0.717) is 5.95 Å². The minimum Gasteiger partial charge on any atom is -0.308 e. The van der Waals surface area contributed by atoms with Crippen LogP contribution in [-0.2, 0) is 0 Å². The Kier molecular flexibility index (Phi) is 6.42. The number of rotatable bonds is 5. The number of fused-ring (bicyclic) bond motifs is 6. The molecule has 0 unspecified atom stereocenters. The highest BCUT2D eigenvalue weighted by Gasteiger charge is 2.21. The highest BCUT2D eigenvalue weighted by atomic mass is 15.2. The summed E-state index contributed by atoms with van der Waals surface area (Å²) < 4.78 is 4.56. The van der Waals surface area contributed by atoms with E-state index in [1.54, 1.807) is 0 Å². The zero-order valence-corrected chi connectivity index (χ0v) is 27.0. The Morgan fingerprint density at radius 1 is 0.400 bits per heavy atom. The molecule has 0 N–H and O–H groups in total. The van der Waals surface area contributed by atoms with Crippen LogP contribution in [0.3, 0.4) is 0 Å². The summed E-state index contributed by atoms with van der Waals surface area (Å²) in [5.41, 5.74) is 12.5. The fraction of sp³-hybridized carbons (Fsp3) is 0. The molecule has 0 atom stereocenters. The molecule has 0 aliphatic carbocycles. The lowest BCUT2D eigenvalue weighted by atomic mass is 10.0. The fourth-order valence-electron chi connectivity index (χ4n) is 7.36. The molecule has 0 bridgehead atoms. The van der Waals surface area contributed by atoms with Crippen LogP contribution in [0.2, 0.25) is 0 Å². The Balaban J connectivity index is 1.28. The van der Waals surface area contributed by atoms with Crippen molar-refractivity contribution < 1.29 is 0 Å². The zero-order valence-electron chi connectivity index (χ0n) is 27.0. The summed E-state index contributed by atoms with van der Waals surface area (Å²) in [5, 5.41) is 3.42. The molecule has 234 valence electrons. The first-order valence-electron chi connectivity index (χ1n) is 16.8. The number of hydrogen-bond donors (Lipinski definition) is 0. The topological polar surface area (TPSA) is 48.5 Å². The van der Waals surface area contributed by atoms with Crippen LogP contribution in [-0.4, -0.2) is 24.1 Å². The number of benzene rings is 6. The van der Waals surface area contributed by atoms with Gasteiger partial charge in [-0.1, -0.05) is 121 Å². The Morgan fingerprint density at radius 2 is 1.04 bits per heavy atom.